The molecule has 0 saturated carbocycles. The number of hydrogen-bond donors (Lipinski definition) is 1. The van der Waals surface area contributed by atoms with E-state index in [1.54, 1.807) is 7.11 Å². The Morgan fingerprint density at radius 2 is 2.09 bits per heavy atom. The van der Waals surface area contributed by atoms with Crippen LogP contribution in [0.2, 0.25) is 0 Å². The molecule has 6 heteroatoms. The van der Waals surface area contributed by atoms with Gasteiger partial charge in [-0.15, -0.1) is 0 Å². The highest BCUT2D eigenvalue weighted by Crippen LogP contribution is 2.30. The molecule has 1 saturated heterocycles. The number of carbonyl (C=O) groups excluding carboxylic acids is 1. The van der Waals surface area contributed by atoms with Crippen LogP contribution in [0, 0.1) is 0 Å². The lowest BCUT2D eigenvalue weighted by molar-refractivity contribution is -0.140. The van der Waals surface area contributed by atoms with Crippen molar-refractivity contribution in [3.05, 3.63) is 29.8 Å². The van der Waals surface area contributed by atoms with E-state index in [1.165, 1.54) is 0 Å². The SMILES string of the molecule is CCOCCOCC(=O)N1CCNCC1c1ccccc1OC. The summed E-state index contributed by atoms with van der Waals surface area (Å²) < 4.78 is 16.1. The zero-order valence-corrected chi connectivity index (χ0v) is 13.9. The average Bonchev–Trinajstić information content (AvgIpc) is 2.61. The first-order valence-corrected chi connectivity index (χ1v) is 8.06. The molecule has 1 unspecified atom stereocenters. The van der Waals surface area contributed by atoms with Crippen molar-refractivity contribution < 1.29 is 19.0 Å². The van der Waals surface area contributed by atoms with Crippen molar-refractivity contribution in [1.82, 2.24) is 10.2 Å². The molecular weight excluding hydrogens is 296 g/mol. The Morgan fingerprint density at radius 3 is 2.87 bits per heavy atom. The second-order valence-corrected chi connectivity index (χ2v) is 5.30. The van der Waals surface area contributed by atoms with Gasteiger partial charge in [-0.3, -0.25) is 4.79 Å². The summed E-state index contributed by atoms with van der Waals surface area (Å²) >= 11 is 0. The zero-order chi connectivity index (χ0) is 16.5. The fourth-order valence-electron chi connectivity index (χ4n) is 2.73. The van der Waals surface area contributed by atoms with E-state index in [2.05, 4.69) is 5.32 Å². The van der Waals surface area contributed by atoms with Crippen molar-refractivity contribution in [3.63, 3.8) is 0 Å². The first-order valence-electron chi connectivity index (χ1n) is 8.06. The molecular formula is C17H26N2O4. The number of nitrogens with one attached hydrogen (secondary N) is 1. The normalized spacial score (nSPS) is 18.0. The van der Waals surface area contributed by atoms with Gasteiger partial charge in [-0.05, 0) is 13.0 Å². The van der Waals surface area contributed by atoms with Gasteiger partial charge in [0.1, 0.15) is 12.4 Å². The predicted octanol–water partition coefficient (Wildman–Crippen LogP) is 1.22. The fraction of sp³-hybridized carbons (Fsp3) is 0.588. The number of nitrogens with zero attached hydrogens (tertiary/aromatic N) is 1. The Labute approximate surface area is 137 Å². The van der Waals surface area contributed by atoms with E-state index in [1.807, 2.05) is 36.1 Å². The highest BCUT2D eigenvalue weighted by molar-refractivity contribution is 5.78. The molecule has 1 aliphatic heterocycles. The number of carbonyl (C=O) groups is 1. The van der Waals surface area contributed by atoms with Gasteiger partial charge in [0.2, 0.25) is 5.91 Å². The third-order valence-electron chi connectivity index (χ3n) is 3.86. The second-order valence-electron chi connectivity index (χ2n) is 5.30. The standard InChI is InChI=1S/C17H26N2O4/c1-3-22-10-11-23-13-17(20)19-9-8-18-12-15(19)14-6-4-5-7-16(14)21-2/h4-7,15,18H,3,8-13H2,1-2H3. The summed E-state index contributed by atoms with van der Waals surface area (Å²) in [5.41, 5.74) is 1.02. The largest absolute Gasteiger partial charge is 0.496 e. The van der Waals surface area contributed by atoms with Crippen LogP contribution in [0.25, 0.3) is 0 Å². The van der Waals surface area contributed by atoms with E-state index in [4.69, 9.17) is 14.2 Å². The van der Waals surface area contributed by atoms with Crippen molar-refractivity contribution >= 4 is 5.91 Å². The van der Waals surface area contributed by atoms with Crippen LogP contribution in [0.1, 0.15) is 18.5 Å². The zero-order valence-electron chi connectivity index (χ0n) is 13.9. The third-order valence-corrected chi connectivity index (χ3v) is 3.86. The van der Waals surface area contributed by atoms with Gasteiger partial charge < -0.3 is 24.4 Å². The van der Waals surface area contributed by atoms with Gasteiger partial charge in [0, 0.05) is 31.8 Å². The van der Waals surface area contributed by atoms with Gasteiger partial charge in [-0.2, -0.15) is 0 Å². The first kappa shape index (κ1) is 17.7. The van der Waals surface area contributed by atoms with Crippen LogP contribution in [0.3, 0.4) is 0 Å². The van der Waals surface area contributed by atoms with Crippen molar-refractivity contribution in [2.24, 2.45) is 0 Å². The molecule has 0 radical (unpaired) electrons. The molecule has 1 aliphatic rings. The molecule has 23 heavy (non-hydrogen) atoms. The molecule has 0 spiro atoms. The fourth-order valence-corrected chi connectivity index (χ4v) is 2.73. The molecule has 1 amide bonds. The highest BCUT2D eigenvalue weighted by atomic mass is 16.5. The van der Waals surface area contributed by atoms with Crippen LogP contribution in [0.5, 0.6) is 5.75 Å². The van der Waals surface area contributed by atoms with E-state index in [-0.39, 0.29) is 18.6 Å². The van der Waals surface area contributed by atoms with Crippen LogP contribution in [0.15, 0.2) is 24.3 Å². The minimum absolute atomic E-state index is 0.00101. The third kappa shape index (κ3) is 4.92. The lowest BCUT2D eigenvalue weighted by atomic mass is 10.0. The van der Waals surface area contributed by atoms with Crippen LogP contribution >= 0.6 is 0 Å². The lowest BCUT2D eigenvalue weighted by Crippen LogP contribution is -2.49. The average molecular weight is 322 g/mol. The Bertz CT molecular complexity index is 495. The molecule has 1 atom stereocenters. The number of rotatable bonds is 8. The summed E-state index contributed by atoms with van der Waals surface area (Å²) in [6, 6.07) is 7.79. The van der Waals surface area contributed by atoms with E-state index >= 15 is 0 Å². The lowest BCUT2D eigenvalue weighted by Gasteiger charge is -2.37. The van der Waals surface area contributed by atoms with Gasteiger partial charge in [-0.1, -0.05) is 18.2 Å². The highest BCUT2D eigenvalue weighted by Gasteiger charge is 2.29. The molecule has 1 aromatic rings. The molecule has 6 nitrogen and oxygen atoms in total. The first-order chi connectivity index (χ1) is 11.3. The Kier molecular flexibility index (Phi) is 7.32. The molecule has 0 aromatic heterocycles. The predicted molar refractivity (Wildman–Crippen MR) is 87.6 cm³/mol. The topological polar surface area (TPSA) is 60.0 Å². The molecule has 0 aliphatic carbocycles. The Balaban J connectivity index is 1.99. The second kappa shape index (κ2) is 9.50. The van der Waals surface area contributed by atoms with Crippen molar-refractivity contribution in [2.75, 3.05) is 53.2 Å². The van der Waals surface area contributed by atoms with Gasteiger partial charge in [-0.25, -0.2) is 0 Å². The number of methoxy groups -OCH3 is 1. The number of amides is 1. The number of benzene rings is 1. The minimum Gasteiger partial charge on any atom is -0.496 e. The number of piperazine rings is 1. The van der Waals surface area contributed by atoms with Gasteiger partial charge in [0.05, 0.1) is 26.4 Å². The quantitative estimate of drug-likeness (QED) is 0.729. The molecule has 1 aromatic carbocycles. The molecule has 2 rings (SSSR count). The summed E-state index contributed by atoms with van der Waals surface area (Å²) in [6.07, 6.45) is 0. The Morgan fingerprint density at radius 1 is 1.30 bits per heavy atom. The maximum absolute atomic E-state index is 12.5. The van der Waals surface area contributed by atoms with Crippen LogP contribution < -0.4 is 10.1 Å². The molecule has 1 fully saturated rings. The van der Waals surface area contributed by atoms with Gasteiger partial charge in [0.15, 0.2) is 0 Å². The molecule has 1 N–H and O–H groups in total. The molecule has 0 bridgehead atoms. The van der Waals surface area contributed by atoms with Crippen molar-refractivity contribution in [3.8, 4) is 5.75 Å². The van der Waals surface area contributed by atoms with Crippen molar-refractivity contribution in [2.45, 2.75) is 13.0 Å². The van der Waals surface area contributed by atoms with E-state index in [0.29, 0.717) is 32.9 Å². The summed E-state index contributed by atoms with van der Waals surface area (Å²) in [6.45, 7) is 5.79. The smallest absolute Gasteiger partial charge is 0.249 e. The number of ether oxygens (including phenoxy) is 3. The summed E-state index contributed by atoms with van der Waals surface area (Å²) in [5.74, 6) is 0.801. The number of hydrogen-bond acceptors (Lipinski definition) is 5. The summed E-state index contributed by atoms with van der Waals surface area (Å²) in [4.78, 5) is 14.4. The van der Waals surface area contributed by atoms with E-state index in [0.717, 1.165) is 17.9 Å². The summed E-state index contributed by atoms with van der Waals surface area (Å²) in [7, 11) is 1.65. The molecule has 128 valence electrons. The van der Waals surface area contributed by atoms with Crippen LogP contribution in [-0.4, -0.2) is 64.0 Å². The number of para-hydroxylation sites is 1. The van der Waals surface area contributed by atoms with Crippen LogP contribution in [0.4, 0.5) is 0 Å². The summed E-state index contributed by atoms with van der Waals surface area (Å²) in [5, 5.41) is 3.34. The van der Waals surface area contributed by atoms with Crippen LogP contribution in [-0.2, 0) is 14.3 Å². The monoisotopic (exact) mass is 322 g/mol. The van der Waals surface area contributed by atoms with E-state index < -0.39 is 0 Å². The van der Waals surface area contributed by atoms with Gasteiger partial charge >= 0.3 is 0 Å². The maximum atomic E-state index is 12.5. The minimum atomic E-state index is -0.0390. The maximum Gasteiger partial charge on any atom is 0.249 e. The van der Waals surface area contributed by atoms with E-state index in [9.17, 15) is 4.79 Å². The molecule has 1 heterocycles. The Hall–Kier alpha value is -1.63. The van der Waals surface area contributed by atoms with Gasteiger partial charge in [0.25, 0.3) is 0 Å². The van der Waals surface area contributed by atoms with Crippen molar-refractivity contribution in [1.29, 1.82) is 0 Å².